The molecule has 3 nitrogen and oxygen atoms in total. The number of anilines is 1. The maximum atomic E-state index is 13.6. The first-order valence-electron chi connectivity index (χ1n) is 5.65. The molecular formula is C13H11F2N3S. The molecule has 0 unspecified atom stereocenters. The van der Waals surface area contributed by atoms with Gasteiger partial charge in [0.15, 0.2) is 11.6 Å². The van der Waals surface area contributed by atoms with Crippen LogP contribution in [0.3, 0.4) is 0 Å². The van der Waals surface area contributed by atoms with Crippen molar-refractivity contribution in [1.29, 1.82) is 5.26 Å². The molecule has 1 aromatic heterocycles. The Morgan fingerprint density at radius 1 is 1.37 bits per heavy atom. The molecule has 0 saturated heterocycles. The van der Waals surface area contributed by atoms with Gasteiger partial charge in [-0.25, -0.2) is 13.8 Å². The monoisotopic (exact) mass is 279 g/mol. The molecule has 98 valence electrons. The molecule has 0 radical (unpaired) electrons. The second-order valence-electron chi connectivity index (χ2n) is 3.94. The van der Waals surface area contributed by atoms with E-state index in [1.54, 1.807) is 17.4 Å². The Balaban J connectivity index is 2.00. The van der Waals surface area contributed by atoms with E-state index in [4.69, 9.17) is 5.26 Å². The largest absolute Gasteiger partial charge is 0.382 e. The highest BCUT2D eigenvalue weighted by atomic mass is 32.1. The highest BCUT2D eigenvalue weighted by Gasteiger charge is 2.12. The van der Waals surface area contributed by atoms with Gasteiger partial charge in [-0.15, -0.1) is 11.3 Å². The Bertz CT molecular complexity index is 631. The summed E-state index contributed by atoms with van der Waals surface area (Å²) >= 11 is 1.55. The summed E-state index contributed by atoms with van der Waals surface area (Å²) in [5.74, 6) is -2.13. The molecule has 0 fully saturated rings. The van der Waals surface area contributed by atoms with Crippen molar-refractivity contribution in [2.75, 3.05) is 11.9 Å². The topological polar surface area (TPSA) is 48.7 Å². The van der Waals surface area contributed by atoms with Crippen LogP contribution < -0.4 is 5.32 Å². The minimum atomic E-state index is -1.11. The third-order valence-electron chi connectivity index (χ3n) is 2.57. The van der Waals surface area contributed by atoms with Crippen LogP contribution in [0.25, 0.3) is 0 Å². The molecule has 0 aliphatic rings. The SMILES string of the molecule is Cc1nc(CCNc2ccc(C#N)c(F)c2F)cs1. The number of hydrogen-bond acceptors (Lipinski definition) is 4. The number of nitrogens with one attached hydrogen (secondary N) is 1. The van der Waals surface area contributed by atoms with Crippen LogP contribution in [-0.4, -0.2) is 11.5 Å². The number of rotatable bonds is 4. The van der Waals surface area contributed by atoms with E-state index in [9.17, 15) is 8.78 Å². The fraction of sp³-hybridized carbons (Fsp3) is 0.231. The summed E-state index contributed by atoms with van der Waals surface area (Å²) in [6.45, 7) is 2.36. The predicted molar refractivity (Wildman–Crippen MR) is 70.1 cm³/mol. The summed E-state index contributed by atoms with van der Waals surface area (Å²) in [6, 6.07) is 4.22. The summed E-state index contributed by atoms with van der Waals surface area (Å²) in [6.07, 6.45) is 0.630. The predicted octanol–water partition coefficient (Wildman–Crippen LogP) is 3.26. The number of aryl methyl sites for hydroxylation is 1. The van der Waals surface area contributed by atoms with Crippen LogP contribution >= 0.6 is 11.3 Å². The summed E-state index contributed by atoms with van der Waals surface area (Å²) in [5.41, 5.74) is 0.686. The second kappa shape index (κ2) is 5.76. The van der Waals surface area contributed by atoms with E-state index >= 15 is 0 Å². The van der Waals surface area contributed by atoms with Gasteiger partial charge in [0.25, 0.3) is 0 Å². The summed E-state index contributed by atoms with van der Waals surface area (Å²) in [5, 5.41) is 14.3. The second-order valence-corrected chi connectivity index (χ2v) is 5.00. The lowest BCUT2D eigenvalue weighted by atomic mass is 10.2. The average molecular weight is 279 g/mol. The van der Waals surface area contributed by atoms with Crippen molar-refractivity contribution in [3.05, 3.63) is 45.4 Å². The summed E-state index contributed by atoms with van der Waals surface area (Å²) in [7, 11) is 0. The number of benzene rings is 1. The van der Waals surface area contributed by atoms with Gasteiger partial charge < -0.3 is 5.32 Å². The van der Waals surface area contributed by atoms with Gasteiger partial charge in [-0.05, 0) is 19.1 Å². The Morgan fingerprint density at radius 3 is 2.79 bits per heavy atom. The van der Waals surface area contributed by atoms with Gasteiger partial charge in [-0.3, -0.25) is 0 Å². The maximum absolute atomic E-state index is 13.6. The highest BCUT2D eigenvalue weighted by Crippen LogP contribution is 2.20. The van der Waals surface area contributed by atoms with Gasteiger partial charge in [-0.1, -0.05) is 0 Å². The molecule has 0 bridgehead atoms. The van der Waals surface area contributed by atoms with Crippen molar-refractivity contribution in [1.82, 2.24) is 4.98 Å². The van der Waals surface area contributed by atoms with Crippen molar-refractivity contribution >= 4 is 17.0 Å². The van der Waals surface area contributed by atoms with Crippen molar-refractivity contribution in [2.45, 2.75) is 13.3 Å². The Kier molecular flexibility index (Phi) is 4.07. The van der Waals surface area contributed by atoms with Crippen molar-refractivity contribution in [3.8, 4) is 6.07 Å². The van der Waals surface area contributed by atoms with Crippen LogP contribution in [0.5, 0.6) is 0 Å². The normalized spacial score (nSPS) is 10.2. The first-order valence-corrected chi connectivity index (χ1v) is 6.52. The lowest BCUT2D eigenvalue weighted by Crippen LogP contribution is -2.08. The highest BCUT2D eigenvalue weighted by molar-refractivity contribution is 7.09. The van der Waals surface area contributed by atoms with Crippen LogP contribution in [0.2, 0.25) is 0 Å². The van der Waals surface area contributed by atoms with E-state index in [-0.39, 0.29) is 11.3 Å². The van der Waals surface area contributed by atoms with Gasteiger partial charge in [0.1, 0.15) is 6.07 Å². The quantitative estimate of drug-likeness (QED) is 0.934. The zero-order valence-electron chi connectivity index (χ0n) is 10.2. The van der Waals surface area contributed by atoms with Crippen LogP contribution in [0.1, 0.15) is 16.3 Å². The lowest BCUT2D eigenvalue weighted by molar-refractivity contribution is 0.508. The molecule has 0 spiro atoms. The van der Waals surface area contributed by atoms with Gasteiger partial charge in [-0.2, -0.15) is 5.26 Å². The molecule has 2 aromatic rings. The molecule has 0 aliphatic carbocycles. The van der Waals surface area contributed by atoms with Crippen molar-refractivity contribution in [2.24, 2.45) is 0 Å². The lowest BCUT2D eigenvalue weighted by Gasteiger charge is -2.07. The Labute approximate surface area is 113 Å². The Morgan fingerprint density at radius 2 is 2.16 bits per heavy atom. The molecule has 0 aliphatic heterocycles. The zero-order valence-corrected chi connectivity index (χ0v) is 11.0. The third-order valence-corrected chi connectivity index (χ3v) is 3.39. The molecule has 1 aromatic carbocycles. The third kappa shape index (κ3) is 3.06. The standard InChI is InChI=1S/C13H11F2N3S/c1-8-18-10(7-19-8)4-5-17-11-3-2-9(6-16)12(14)13(11)15/h2-3,7,17H,4-5H2,1H3. The van der Waals surface area contributed by atoms with E-state index in [2.05, 4.69) is 10.3 Å². The molecule has 19 heavy (non-hydrogen) atoms. The number of aromatic nitrogens is 1. The van der Waals surface area contributed by atoms with Crippen molar-refractivity contribution in [3.63, 3.8) is 0 Å². The average Bonchev–Trinajstić information content (AvgIpc) is 2.81. The molecular weight excluding hydrogens is 268 g/mol. The van der Waals surface area contributed by atoms with Crippen LogP contribution in [-0.2, 0) is 6.42 Å². The van der Waals surface area contributed by atoms with E-state index < -0.39 is 11.6 Å². The zero-order chi connectivity index (χ0) is 13.8. The van der Waals surface area contributed by atoms with Gasteiger partial charge in [0.05, 0.1) is 22.0 Å². The number of nitriles is 1. The first kappa shape index (κ1) is 13.4. The Hall–Kier alpha value is -2.00. The van der Waals surface area contributed by atoms with Crippen LogP contribution in [0.15, 0.2) is 17.5 Å². The van der Waals surface area contributed by atoms with E-state index in [0.717, 1.165) is 10.7 Å². The molecule has 2 rings (SSSR count). The molecule has 0 atom stereocenters. The number of nitrogens with zero attached hydrogens (tertiary/aromatic N) is 2. The van der Waals surface area contributed by atoms with E-state index in [1.807, 2.05) is 12.3 Å². The van der Waals surface area contributed by atoms with Gasteiger partial charge in [0.2, 0.25) is 0 Å². The van der Waals surface area contributed by atoms with Crippen molar-refractivity contribution < 1.29 is 8.78 Å². The van der Waals surface area contributed by atoms with Crippen LogP contribution in [0, 0.1) is 29.9 Å². The molecule has 0 saturated carbocycles. The summed E-state index contributed by atoms with van der Waals surface area (Å²) < 4.78 is 26.9. The van der Waals surface area contributed by atoms with E-state index in [0.29, 0.717) is 13.0 Å². The number of halogens is 2. The number of hydrogen-bond donors (Lipinski definition) is 1. The van der Waals surface area contributed by atoms with Gasteiger partial charge in [0, 0.05) is 18.3 Å². The minimum Gasteiger partial charge on any atom is -0.382 e. The fourth-order valence-electron chi connectivity index (χ4n) is 1.62. The smallest absolute Gasteiger partial charge is 0.183 e. The first-order chi connectivity index (χ1) is 9.11. The molecule has 1 N–H and O–H groups in total. The number of thiazole rings is 1. The fourth-order valence-corrected chi connectivity index (χ4v) is 2.27. The molecule has 1 heterocycles. The van der Waals surface area contributed by atoms with Gasteiger partial charge >= 0.3 is 0 Å². The molecule has 0 amide bonds. The van der Waals surface area contributed by atoms with E-state index in [1.165, 1.54) is 12.1 Å². The van der Waals surface area contributed by atoms with Crippen LogP contribution in [0.4, 0.5) is 14.5 Å². The summed E-state index contributed by atoms with van der Waals surface area (Å²) in [4.78, 5) is 4.28. The molecule has 6 heteroatoms. The maximum Gasteiger partial charge on any atom is 0.183 e. The minimum absolute atomic E-state index is 0.0588.